The first-order chi connectivity index (χ1) is 13.6. The molecule has 142 valence electrons. The van der Waals surface area contributed by atoms with Crippen molar-refractivity contribution in [1.29, 1.82) is 0 Å². The summed E-state index contributed by atoms with van der Waals surface area (Å²) in [5.74, 6) is 0.840. The number of benzene rings is 2. The van der Waals surface area contributed by atoms with E-state index in [2.05, 4.69) is 33.2 Å². The Morgan fingerprint density at radius 1 is 1.18 bits per heavy atom. The molecule has 0 aliphatic heterocycles. The second kappa shape index (κ2) is 8.16. The van der Waals surface area contributed by atoms with Crippen LogP contribution in [-0.4, -0.2) is 11.6 Å². The van der Waals surface area contributed by atoms with Gasteiger partial charge >= 0.3 is 5.63 Å². The van der Waals surface area contributed by atoms with Gasteiger partial charge in [-0.2, -0.15) is 0 Å². The summed E-state index contributed by atoms with van der Waals surface area (Å²) in [5, 5.41) is 6.64. The van der Waals surface area contributed by atoms with E-state index in [1.165, 1.54) is 11.3 Å². The summed E-state index contributed by atoms with van der Waals surface area (Å²) in [5.41, 5.74) is 2.09. The van der Waals surface area contributed by atoms with Gasteiger partial charge in [0.1, 0.15) is 11.3 Å². The molecule has 0 fully saturated rings. The highest BCUT2D eigenvalue weighted by Crippen LogP contribution is 2.28. The van der Waals surface area contributed by atoms with Gasteiger partial charge in [-0.3, -0.25) is 0 Å². The number of nitrogens with zero attached hydrogens (tertiary/aromatic N) is 1. The Labute approximate surface area is 174 Å². The van der Waals surface area contributed by atoms with Gasteiger partial charge < -0.3 is 14.5 Å². The maximum absolute atomic E-state index is 12.4. The van der Waals surface area contributed by atoms with E-state index in [0.29, 0.717) is 28.6 Å². The Hall–Kier alpha value is -2.64. The van der Waals surface area contributed by atoms with Gasteiger partial charge in [-0.25, -0.2) is 9.78 Å². The molecule has 4 rings (SSSR count). The van der Waals surface area contributed by atoms with E-state index < -0.39 is 5.63 Å². The fourth-order valence-corrected chi connectivity index (χ4v) is 3.82. The molecular weight excluding hydrogens is 440 g/mol. The number of nitrogens with one attached hydrogen (secondary N) is 1. The van der Waals surface area contributed by atoms with Gasteiger partial charge in [0.2, 0.25) is 0 Å². The molecule has 0 amide bonds. The minimum atomic E-state index is -0.399. The van der Waals surface area contributed by atoms with Crippen molar-refractivity contribution in [1.82, 2.24) is 4.98 Å². The molecule has 0 saturated carbocycles. The third-order valence-corrected chi connectivity index (χ3v) is 5.30. The molecule has 5 nitrogen and oxygen atoms in total. The van der Waals surface area contributed by atoms with Crippen LogP contribution >= 0.6 is 27.3 Å². The van der Waals surface area contributed by atoms with Gasteiger partial charge in [-0.15, -0.1) is 11.3 Å². The van der Waals surface area contributed by atoms with Crippen molar-refractivity contribution in [3.63, 3.8) is 0 Å². The van der Waals surface area contributed by atoms with Crippen molar-refractivity contribution in [2.24, 2.45) is 0 Å². The third-order valence-electron chi connectivity index (χ3n) is 4.05. The van der Waals surface area contributed by atoms with Crippen molar-refractivity contribution < 1.29 is 9.15 Å². The molecule has 2 aromatic carbocycles. The highest BCUT2D eigenvalue weighted by Gasteiger charge is 2.12. The minimum Gasteiger partial charge on any atom is -0.494 e. The quantitative estimate of drug-likeness (QED) is 0.349. The van der Waals surface area contributed by atoms with E-state index in [1.54, 1.807) is 6.07 Å². The maximum atomic E-state index is 12.4. The molecule has 0 radical (unpaired) electrons. The molecule has 1 N–H and O–H groups in total. The van der Waals surface area contributed by atoms with E-state index in [9.17, 15) is 4.79 Å². The zero-order valence-corrected chi connectivity index (χ0v) is 17.5. The number of anilines is 2. The largest absolute Gasteiger partial charge is 0.494 e. The SMILES string of the molecule is CCCOc1ccc(Nc2nc(-c3cc4cc(Br)ccc4oc3=O)cs2)cc1. The third kappa shape index (κ3) is 4.10. The van der Waals surface area contributed by atoms with E-state index in [1.807, 2.05) is 47.8 Å². The number of thiazole rings is 1. The van der Waals surface area contributed by atoms with E-state index in [4.69, 9.17) is 9.15 Å². The smallest absolute Gasteiger partial charge is 0.345 e. The predicted octanol–water partition coefficient (Wildman–Crippen LogP) is 6.21. The van der Waals surface area contributed by atoms with Gasteiger partial charge in [-0.1, -0.05) is 22.9 Å². The molecule has 0 spiro atoms. The molecule has 0 bridgehead atoms. The number of hydrogen-bond acceptors (Lipinski definition) is 6. The lowest BCUT2D eigenvalue weighted by molar-refractivity contribution is 0.317. The van der Waals surface area contributed by atoms with E-state index >= 15 is 0 Å². The molecule has 0 unspecified atom stereocenters. The average Bonchev–Trinajstić information content (AvgIpc) is 3.15. The van der Waals surface area contributed by atoms with E-state index in [0.717, 1.165) is 27.7 Å². The molecule has 0 aliphatic rings. The van der Waals surface area contributed by atoms with Crippen LogP contribution < -0.4 is 15.7 Å². The lowest BCUT2D eigenvalue weighted by Gasteiger charge is -2.06. The number of fused-ring (bicyclic) bond motifs is 1. The van der Waals surface area contributed by atoms with Crippen LogP contribution in [0.3, 0.4) is 0 Å². The van der Waals surface area contributed by atoms with Gasteiger partial charge in [0, 0.05) is 20.9 Å². The highest BCUT2D eigenvalue weighted by molar-refractivity contribution is 9.10. The monoisotopic (exact) mass is 456 g/mol. The van der Waals surface area contributed by atoms with Crippen molar-refractivity contribution >= 4 is 49.1 Å². The summed E-state index contributed by atoms with van der Waals surface area (Å²) in [4.78, 5) is 16.9. The fourth-order valence-electron chi connectivity index (χ4n) is 2.71. The molecule has 2 heterocycles. The zero-order chi connectivity index (χ0) is 19.5. The number of aromatic nitrogens is 1. The molecular formula is C21H17BrN2O3S. The number of ether oxygens (including phenoxy) is 1. The normalized spacial score (nSPS) is 10.9. The molecule has 4 aromatic rings. The van der Waals surface area contributed by atoms with Crippen LogP contribution in [0.4, 0.5) is 10.8 Å². The molecule has 7 heteroatoms. The van der Waals surface area contributed by atoms with Crippen LogP contribution in [0.25, 0.3) is 22.2 Å². The first-order valence-electron chi connectivity index (χ1n) is 8.81. The number of halogens is 1. The maximum Gasteiger partial charge on any atom is 0.345 e. The van der Waals surface area contributed by atoms with Crippen LogP contribution in [0.1, 0.15) is 13.3 Å². The Bertz CT molecular complexity index is 1170. The first-order valence-corrected chi connectivity index (χ1v) is 10.5. The molecule has 28 heavy (non-hydrogen) atoms. The Balaban J connectivity index is 1.57. The van der Waals surface area contributed by atoms with Gasteiger partial charge in [0.25, 0.3) is 0 Å². The molecule has 2 aromatic heterocycles. The van der Waals surface area contributed by atoms with Crippen LogP contribution in [0, 0.1) is 0 Å². The van der Waals surface area contributed by atoms with Gasteiger partial charge in [0.15, 0.2) is 5.13 Å². The standard InChI is InChI=1S/C21H17BrN2O3S/c1-2-9-26-16-6-4-15(5-7-16)23-21-24-18(12-28-21)17-11-13-10-14(22)3-8-19(13)27-20(17)25/h3-8,10-12H,2,9H2,1H3,(H,23,24). The van der Waals surface area contributed by atoms with Crippen LogP contribution in [0.2, 0.25) is 0 Å². The lowest BCUT2D eigenvalue weighted by atomic mass is 10.1. The molecule has 0 atom stereocenters. The lowest BCUT2D eigenvalue weighted by Crippen LogP contribution is -2.03. The summed E-state index contributed by atoms with van der Waals surface area (Å²) in [6, 6.07) is 15.0. The Morgan fingerprint density at radius 3 is 2.79 bits per heavy atom. The van der Waals surface area contributed by atoms with Crippen LogP contribution in [0.5, 0.6) is 5.75 Å². The number of hydrogen-bond donors (Lipinski definition) is 1. The highest BCUT2D eigenvalue weighted by atomic mass is 79.9. The Morgan fingerprint density at radius 2 is 2.00 bits per heavy atom. The zero-order valence-electron chi connectivity index (χ0n) is 15.1. The first kappa shape index (κ1) is 18.7. The summed E-state index contributed by atoms with van der Waals surface area (Å²) in [6.45, 7) is 2.78. The van der Waals surface area contributed by atoms with Crippen molar-refractivity contribution in [2.75, 3.05) is 11.9 Å². The van der Waals surface area contributed by atoms with Crippen LogP contribution in [-0.2, 0) is 0 Å². The van der Waals surface area contributed by atoms with Crippen molar-refractivity contribution in [3.05, 3.63) is 68.8 Å². The summed E-state index contributed by atoms with van der Waals surface area (Å²) in [7, 11) is 0. The Kier molecular flexibility index (Phi) is 5.45. The summed E-state index contributed by atoms with van der Waals surface area (Å²) < 4.78 is 11.9. The van der Waals surface area contributed by atoms with Crippen molar-refractivity contribution in [3.8, 4) is 17.0 Å². The average molecular weight is 457 g/mol. The second-order valence-electron chi connectivity index (χ2n) is 6.17. The molecule has 0 aliphatic carbocycles. The minimum absolute atomic E-state index is 0.399. The fraction of sp³-hybridized carbons (Fsp3) is 0.143. The van der Waals surface area contributed by atoms with Gasteiger partial charge in [-0.05, 0) is 55.0 Å². The topological polar surface area (TPSA) is 64.4 Å². The van der Waals surface area contributed by atoms with Crippen LogP contribution in [0.15, 0.2) is 67.6 Å². The second-order valence-corrected chi connectivity index (χ2v) is 7.94. The molecule has 0 saturated heterocycles. The van der Waals surface area contributed by atoms with Crippen molar-refractivity contribution in [2.45, 2.75) is 13.3 Å². The van der Waals surface area contributed by atoms with Gasteiger partial charge in [0.05, 0.1) is 17.9 Å². The number of rotatable bonds is 6. The van der Waals surface area contributed by atoms with E-state index in [-0.39, 0.29) is 0 Å². The summed E-state index contributed by atoms with van der Waals surface area (Å²) >= 11 is 4.87. The predicted molar refractivity (Wildman–Crippen MR) is 117 cm³/mol. The summed E-state index contributed by atoms with van der Waals surface area (Å²) in [6.07, 6.45) is 0.974.